The highest BCUT2D eigenvalue weighted by Gasteiger charge is 2.00. The number of benzene rings is 1. The Morgan fingerprint density at radius 3 is 2.64 bits per heavy atom. The van der Waals surface area contributed by atoms with E-state index >= 15 is 0 Å². The molecule has 0 atom stereocenters. The van der Waals surface area contributed by atoms with E-state index in [1.54, 1.807) is 17.8 Å². The minimum absolute atomic E-state index is 0.587. The van der Waals surface area contributed by atoms with Gasteiger partial charge in [0.1, 0.15) is 0 Å². The molecule has 0 aliphatic heterocycles. The lowest BCUT2D eigenvalue weighted by molar-refractivity contribution is 1.42. The van der Waals surface area contributed by atoms with Crippen molar-refractivity contribution in [3.8, 4) is 0 Å². The first-order valence-corrected chi connectivity index (χ1v) is 6.36. The van der Waals surface area contributed by atoms with Crippen molar-refractivity contribution < 1.29 is 0 Å². The SMILES string of the molecule is C=C(CS)CSc1ccc(Cl)c(Cl)c1. The van der Waals surface area contributed by atoms with Crippen molar-refractivity contribution >= 4 is 47.6 Å². The molecule has 0 heterocycles. The summed E-state index contributed by atoms with van der Waals surface area (Å²) in [6.07, 6.45) is 0. The zero-order chi connectivity index (χ0) is 10.6. The monoisotopic (exact) mass is 264 g/mol. The van der Waals surface area contributed by atoms with E-state index in [0.29, 0.717) is 15.8 Å². The summed E-state index contributed by atoms with van der Waals surface area (Å²) in [5, 5.41) is 1.18. The van der Waals surface area contributed by atoms with Gasteiger partial charge in [-0.05, 0) is 18.2 Å². The van der Waals surface area contributed by atoms with Crippen molar-refractivity contribution in [2.75, 3.05) is 11.5 Å². The fraction of sp³-hybridized carbons (Fsp3) is 0.200. The smallest absolute Gasteiger partial charge is 0.0603 e. The number of rotatable bonds is 4. The van der Waals surface area contributed by atoms with Crippen LogP contribution in [-0.2, 0) is 0 Å². The molecule has 0 radical (unpaired) electrons. The molecule has 0 bridgehead atoms. The molecule has 0 aliphatic rings. The Morgan fingerprint density at radius 1 is 1.36 bits per heavy atom. The third kappa shape index (κ3) is 3.77. The van der Waals surface area contributed by atoms with Gasteiger partial charge in [0, 0.05) is 16.4 Å². The largest absolute Gasteiger partial charge is 0.175 e. The maximum Gasteiger partial charge on any atom is 0.0603 e. The molecule has 14 heavy (non-hydrogen) atoms. The van der Waals surface area contributed by atoms with Crippen LogP contribution in [0.4, 0.5) is 0 Å². The van der Waals surface area contributed by atoms with Crippen molar-refractivity contribution in [1.29, 1.82) is 0 Å². The second-order valence-electron chi connectivity index (χ2n) is 2.77. The van der Waals surface area contributed by atoms with Crippen LogP contribution in [0.5, 0.6) is 0 Å². The molecule has 1 aromatic carbocycles. The Morgan fingerprint density at radius 2 is 2.07 bits per heavy atom. The maximum absolute atomic E-state index is 5.88. The van der Waals surface area contributed by atoms with E-state index in [-0.39, 0.29) is 0 Å². The van der Waals surface area contributed by atoms with Crippen LogP contribution in [0.25, 0.3) is 0 Å². The molecule has 0 saturated carbocycles. The van der Waals surface area contributed by atoms with E-state index in [0.717, 1.165) is 16.2 Å². The Bertz CT molecular complexity index is 337. The zero-order valence-corrected chi connectivity index (χ0v) is 10.7. The summed E-state index contributed by atoms with van der Waals surface area (Å²) in [5.41, 5.74) is 1.10. The van der Waals surface area contributed by atoms with Gasteiger partial charge in [0.15, 0.2) is 0 Å². The van der Waals surface area contributed by atoms with Crippen molar-refractivity contribution in [2.45, 2.75) is 4.90 Å². The van der Waals surface area contributed by atoms with E-state index in [1.165, 1.54) is 0 Å². The van der Waals surface area contributed by atoms with Crippen LogP contribution in [0.15, 0.2) is 35.2 Å². The summed E-state index contributed by atoms with van der Waals surface area (Å²) in [5.74, 6) is 1.58. The molecule has 0 spiro atoms. The van der Waals surface area contributed by atoms with Crippen molar-refractivity contribution in [3.05, 3.63) is 40.4 Å². The van der Waals surface area contributed by atoms with Crippen molar-refractivity contribution in [1.82, 2.24) is 0 Å². The summed E-state index contributed by atoms with van der Waals surface area (Å²) >= 11 is 17.5. The van der Waals surface area contributed by atoms with Gasteiger partial charge in [-0.15, -0.1) is 11.8 Å². The number of thioether (sulfide) groups is 1. The topological polar surface area (TPSA) is 0 Å². The lowest BCUT2D eigenvalue weighted by Crippen LogP contribution is -1.86. The van der Waals surface area contributed by atoms with Gasteiger partial charge in [-0.3, -0.25) is 0 Å². The molecular weight excluding hydrogens is 255 g/mol. The molecule has 0 aromatic heterocycles. The zero-order valence-electron chi connectivity index (χ0n) is 7.46. The minimum Gasteiger partial charge on any atom is -0.175 e. The molecule has 0 saturated heterocycles. The predicted octanol–water partition coefficient (Wildman–Crippen LogP) is 4.57. The molecule has 76 valence electrons. The van der Waals surface area contributed by atoms with Gasteiger partial charge < -0.3 is 0 Å². The van der Waals surface area contributed by atoms with Crippen LogP contribution in [0, 0.1) is 0 Å². The number of thiol groups is 1. The van der Waals surface area contributed by atoms with E-state index in [4.69, 9.17) is 23.2 Å². The highest BCUT2D eigenvalue weighted by atomic mass is 35.5. The molecule has 0 aliphatic carbocycles. The third-order valence-corrected chi connectivity index (χ3v) is 3.88. The number of hydrogen-bond donors (Lipinski definition) is 1. The molecule has 1 aromatic rings. The lowest BCUT2D eigenvalue weighted by atomic mass is 10.4. The predicted molar refractivity (Wildman–Crippen MR) is 70.2 cm³/mol. The molecule has 0 amide bonds. The van der Waals surface area contributed by atoms with E-state index < -0.39 is 0 Å². The highest BCUT2D eigenvalue weighted by Crippen LogP contribution is 2.28. The number of hydrogen-bond acceptors (Lipinski definition) is 2. The standard InChI is InChI=1S/C10H10Cl2S2/c1-7(5-13)6-14-8-2-3-9(11)10(12)4-8/h2-4,13H,1,5-6H2. The van der Waals surface area contributed by atoms with Crippen molar-refractivity contribution in [3.63, 3.8) is 0 Å². The van der Waals surface area contributed by atoms with E-state index in [2.05, 4.69) is 19.2 Å². The lowest BCUT2D eigenvalue weighted by Gasteiger charge is -2.03. The van der Waals surface area contributed by atoms with Crippen LogP contribution in [0.3, 0.4) is 0 Å². The van der Waals surface area contributed by atoms with E-state index in [1.807, 2.05) is 12.1 Å². The Labute approximate surface area is 104 Å². The summed E-state index contributed by atoms with van der Waals surface area (Å²) in [6.45, 7) is 3.87. The van der Waals surface area contributed by atoms with Gasteiger partial charge in [-0.1, -0.05) is 35.4 Å². The van der Waals surface area contributed by atoms with Crippen LogP contribution < -0.4 is 0 Å². The summed E-state index contributed by atoms with van der Waals surface area (Å²) in [7, 11) is 0. The normalized spacial score (nSPS) is 10.2. The highest BCUT2D eigenvalue weighted by molar-refractivity contribution is 7.99. The Kier molecular flexibility index (Phi) is 5.24. The Hall–Kier alpha value is 0.240. The minimum atomic E-state index is 0.587. The first-order valence-electron chi connectivity index (χ1n) is 3.99. The van der Waals surface area contributed by atoms with Gasteiger partial charge in [-0.25, -0.2) is 0 Å². The number of halogens is 2. The first kappa shape index (κ1) is 12.3. The fourth-order valence-corrected chi connectivity index (χ4v) is 2.26. The van der Waals surface area contributed by atoms with Crippen LogP contribution >= 0.6 is 47.6 Å². The van der Waals surface area contributed by atoms with Gasteiger partial charge in [-0.2, -0.15) is 12.6 Å². The first-order chi connectivity index (χ1) is 6.63. The molecule has 0 fully saturated rings. The van der Waals surface area contributed by atoms with E-state index in [9.17, 15) is 0 Å². The van der Waals surface area contributed by atoms with Crippen LogP contribution in [0.2, 0.25) is 10.0 Å². The second kappa shape index (κ2) is 5.96. The molecule has 1 rings (SSSR count). The van der Waals surface area contributed by atoms with Crippen molar-refractivity contribution in [2.24, 2.45) is 0 Å². The fourth-order valence-electron chi connectivity index (χ4n) is 0.798. The average Bonchev–Trinajstić information content (AvgIpc) is 2.19. The summed E-state index contributed by atoms with van der Waals surface area (Å²) < 4.78 is 0. The average molecular weight is 265 g/mol. The van der Waals surface area contributed by atoms with Gasteiger partial charge in [0.2, 0.25) is 0 Å². The third-order valence-electron chi connectivity index (χ3n) is 1.56. The maximum atomic E-state index is 5.88. The van der Waals surface area contributed by atoms with Gasteiger partial charge in [0.05, 0.1) is 10.0 Å². The second-order valence-corrected chi connectivity index (χ2v) is 4.95. The van der Waals surface area contributed by atoms with Crippen LogP contribution in [0.1, 0.15) is 0 Å². The summed E-state index contributed by atoms with van der Waals surface area (Å²) in [6, 6.07) is 5.61. The molecule has 4 heteroatoms. The van der Waals surface area contributed by atoms with Gasteiger partial charge >= 0.3 is 0 Å². The van der Waals surface area contributed by atoms with Gasteiger partial charge in [0.25, 0.3) is 0 Å². The molecule has 0 nitrogen and oxygen atoms in total. The van der Waals surface area contributed by atoms with Crippen LogP contribution in [-0.4, -0.2) is 11.5 Å². The Balaban J connectivity index is 2.60. The molecule has 0 unspecified atom stereocenters. The molecule has 0 N–H and O–H groups in total. The molecular formula is C10H10Cl2S2. The summed E-state index contributed by atoms with van der Waals surface area (Å²) in [4.78, 5) is 1.10. The quantitative estimate of drug-likeness (QED) is 0.472.